The van der Waals surface area contributed by atoms with Crippen LogP contribution < -0.4 is 0 Å². The van der Waals surface area contributed by atoms with Gasteiger partial charge in [-0.25, -0.2) is 0 Å². The van der Waals surface area contributed by atoms with Crippen molar-refractivity contribution in [2.75, 3.05) is 26.4 Å². The molecule has 80 valence electrons. The topological polar surface area (TPSA) is 58.9 Å². The minimum Gasteiger partial charge on any atom is -0.394 e. The van der Waals surface area contributed by atoms with Gasteiger partial charge in [0.15, 0.2) is 6.29 Å². The van der Waals surface area contributed by atoms with Crippen molar-refractivity contribution in [1.29, 1.82) is 0 Å². The van der Waals surface area contributed by atoms with E-state index in [2.05, 4.69) is 0 Å². The molecule has 0 aromatic rings. The lowest BCUT2D eigenvalue weighted by atomic mass is 10.1. The summed E-state index contributed by atoms with van der Waals surface area (Å²) in [7, 11) is 0. The zero-order valence-corrected chi connectivity index (χ0v) is 8.40. The number of ether oxygens (including phenoxy) is 2. The van der Waals surface area contributed by atoms with Crippen LogP contribution in [0.15, 0.2) is 0 Å². The Morgan fingerprint density at radius 3 is 2.46 bits per heavy atom. The quantitative estimate of drug-likeness (QED) is 0.431. The maximum absolute atomic E-state index is 9.35. The van der Waals surface area contributed by atoms with Crippen molar-refractivity contribution in [3.05, 3.63) is 0 Å². The number of hydrogen-bond donors (Lipinski definition) is 2. The maximum atomic E-state index is 9.35. The second-order valence-corrected chi connectivity index (χ2v) is 2.98. The Kier molecular flexibility index (Phi) is 8.33. The minimum absolute atomic E-state index is 0.0217. The largest absolute Gasteiger partial charge is 0.394 e. The fourth-order valence-electron chi connectivity index (χ4n) is 0.760. The third-order valence-electron chi connectivity index (χ3n) is 1.88. The molecule has 0 spiro atoms. The molecule has 2 unspecified atom stereocenters. The molecule has 0 aromatic carbocycles. The molecule has 0 amide bonds. The van der Waals surface area contributed by atoms with E-state index in [0.717, 1.165) is 6.42 Å². The van der Waals surface area contributed by atoms with Gasteiger partial charge < -0.3 is 19.7 Å². The van der Waals surface area contributed by atoms with Gasteiger partial charge in [0, 0.05) is 5.92 Å². The zero-order valence-electron chi connectivity index (χ0n) is 8.40. The summed E-state index contributed by atoms with van der Waals surface area (Å²) in [6, 6.07) is 0. The fourth-order valence-corrected chi connectivity index (χ4v) is 0.760. The average Bonchev–Trinajstić information content (AvgIpc) is 2.16. The second-order valence-electron chi connectivity index (χ2n) is 2.98. The SMILES string of the molecule is CCC(C)C(O)OCCOCCO. The van der Waals surface area contributed by atoms with E-state index in [-0.39, 0.29) is 12.5 Å². The molecule has 0 saturated heterocycles. The molecule has 0 aromatic heterocycles. The predicted octanol–water partition coefficient (Wildman–Crippen LogP) is 0.376. The van der Waals surface area contributed by atoms with Gasteiger partial charge in [0.05, 0.1) is 26.4 Å². The van der Waals surface area contributed by atoms with E-state index in [1.807, 2.05) is 13.8 Å². The fraction of sp³-hybridized carbons (Fsp3) is 1.00. The molecule has 4 nitrogen and oxygen atoms in total. The summed E-state index contributed by atoms with van der Waals surface area (Å²) in [4.78, 5) is 0. The Hall–Kier alpha value is -0.160. The summed E-state index contributed by atoms with van der Waals surface area (Å²) >= 11 is 0. The van der Waals surface area contributed by atoms with Crippen LogP contribution >= 0.6 is 0 Å². The number of hydrogen-bond acceptors (Lipinski definition) is 4. The van der Waals surface area contributed by atoms with E-state index in [0.29, 0.717) is 19.8 Å². The molecular weight excluding hydrogens is 172 g/mol. The highest BCUT2D eigenvalue weighted by molar-refractivity contribution is 4.51. The Morgan fingerprint density at radius 2 is 1.92 bits per heavy atom. The molecule has 13 heavy (non-hydrogen) atoms. The van der Waals surface area contributed by atoms with Gasteiger partial charge in [-0.05, 0) is 6.42 Å². The van der Waals surface area contributed by atoms with E-state index in [1.165, 1.54) is 0 Å². The first-order valence-corrected chi connectivity index (χ1v) is 4.70. The summed E-state index contributed by atoms with van der Waals surface area (Å²) in [5, 5.41) is 17.7. The van der Waals surface area contributed by atoms with Gasteiger partial charge in [0.25, 0.3) is 0 Å². The summed E-state index contributed by atoms with van der Waals surface area (Å²) < 4.78 is 10.1. The Balaban J connectivity index is 3.21. The van der Waals surface area contributed by atoms with Gasteiger partial charge in [-0.3, -0.25) is 0 Å². The van der Waals surface area contributed by atoms with Crippen molar-refractivity contribution in [2.24, 2.45) is 5.92 Å². The molecule has 0 aliphatic heterocycles. The average molecular weight is 192 g/mol. The van der Waals surface area contributed by atoms with Gasteiger partial charge in [-0.1, -0.05) is 13.8 Å². The molecule has 4 heteroatoms. The van der Waals surface area contributed by atoms with Crippen molar-refractivity contribution in [3.63, 3.8) is 0 Å². The highest BCUT2D eigenvalue weighted by Gasteiger charge is 2.11. The first-order valence-electron chi connectivity index (χ1n) is 4.70. The smallest absolute Gasteiger partial charge is 0.157 e. The van der Waals surface area contributed by atoms with Crippen LogP contribution in [0.25, 0.3) is 0 Å². The van der Waals surface area contributed by atoms with Crippen LogP contribution in [0.3, 0.4) is 0 Å². The third-order valence-corrected chi connectivity index (χ3v) is 1.88. The van der Waals surface area contributed by atoms with Crippen molar-refractivity contribution in [3.8, 4) is 0 Å². The van der Waals surface area contributed by atoms with Crippen LogP contribution in [0.2, 0.25) is 0 Å². The summed E-state index contributed by atoms with van der Waals surface area (Å²) in [5.74, 6) is 0.151. The standard InChI is InChI=1S/C9H20O4/c1-3-8(2)9(11)13-7-6-12-5-4-10/h8-11H,3-7H2,1-2H3. The second kappa shape index (κ2) is 8.44. The van der Waals surface area contributed by atoms with Crippen molar-refractivity contribution in [1.82, 2.24) is 0 Å². The van der Waals surface area contributed by atoms with E-state index in [9.17, 15) is 5.11 Å². The molecule has 0 saturated carbocycles. The Labute approximate surface area is 79.5 Å². The molecule has 0 rings (SSSR count). The number of aliphatic hydroxyl groups is 2. The van der Waals surface area contributed by atoms with Gasteiger partial charge in [0.1, 0.15) is 0 Å². The predicted molar refractivity (Wildman–Crippen MR) is 49.3 cm³/mol. The van der Waals surface area contributed by atoms with E-state index >= 15 is 0 Å². The lowest BCUT2D eigenvalue weighted by molar-refractivity contribution is -0.140. The van der Waals surface area contributed by atoms with Gasteiger partial charge in [0.2, 0.25) is 0 Å². The van der Waals surface area contributed by atoms with Crippen molar-refractivity contribution >= 4 is 0 Å². The molecule has 2 N–H and O–H groups in total. The molecule has 0 heterocycles. The van der Waals surface area contributed by atoms with Gasteiger partial charge >= 0.3 is 0 Å². The van der Waals surface area contributed by atoms with Gasteiger partial charge in [-0.2, -0.15) is 0 Å². The van der Waals surface area contributed by atoms with E-state index < -0.39 is 6.29 Å². The van der Waals surface area contributed by atoms with E-state index in [4.69, 9.17) is 14.6 Å². The molecule has 0 fully saturated rings. The van der Waals surface area contributed by atoms with Crippen LogP contribution in [0.4, 0.5) is 0 Å². The van der Waals surface area contributed by atoms with Crippen LogP contribution in [0.5, 0.6) is 0 Å². The first-order chi connectivity index (χ1) is 6.22. The van der Waals surface area contributed by atoms with Crippen LogP contribution in [0, 0.1) is 5.92 Å². The maximum Gasteiger partial charge on any atom is 0.157 e. The van der Waals surface area contributed by atoms with Crippen LogP contribution in [-0.2, 0) is 9.47 Å². The zero-order chi connectivity index (χ0) is 10.1. The monoisotopic (exact) mass is 192 g/mol. The molecular formula is C9H20O4. The third kappa shape index (κ3) is 6.95. The summed E-state index contributed by atoms with van der Waals surface area (Å²) in [6.45, 7) is 5.05. The number of rotatable bonds is 8. The van der Waals surface area contributed by atoms with Gasteiger partial charge in [-0.15, -0.1) is 0 Å². The highest BCUT2D eigenvalue weighted by atomic mass is 16.6. The van der Waals surface area contributed by atoms with Crippen LogP contribution in [0.1, 0.15) is 20.3 Å². The first kappa shape index (κ1) is 12.8. The summed E-state index contributed by atoms with van der Waals surface area (Å²) in [6.07, 6.45) is 0.182. The van der Waals surface area contributed by atoms with E-state index in [1.54, 1.807) is 0 Å². The van der Waals surface area contributed by atoms with Crippen LogP contribution in [-0.4, -0.2) is 42.9 Å². The molecule has 2 atom stereocenters. The van der Waals surface area contributed by atoms with Crippen molar-refractivity contribution in [2.45, 2.75) is 26.6 Å². The number of aliphatic hydroxyl groups excluding tert-OH is 2. The lowest BCUT2D eigenvalue weighted by Gasteiger charge is -2.17. The summed E-state index contributed by atoms with van der Waals surface area (Å²) in [5.41, 5.74) is 0. The molecule has 0 aliphatic rings. The lowest BCUT2D eigenvalue weighted by Crippen LogP contribution is -2.23. The normalized spacial score (nSPS) is 15.7. The Morgan fingerprint density at radius 1 is 1.23 bits per heavy atom. The molecule has 0 bridgehead atoms. The minimum atomic E-state index is -0.706. The highest BCUT2D eigenvalue weighted by Crippen LogP contribution is 2.07. The molecule has 0 aliphatic carbocycles. The molecule has 0 radical (unpaired) electrons. The Bertz CT molecular complexity index is 108. The van der Waals surface area contributed by atoms with Crippen molar-refractivity contribution < 1.29 is 19.7 Å².